The van der Waals surface area contributed by atoms with Gasteiger partial charge >= 0.3 is 5.97 Å². The highest BCUT2D eigenvalue weighted by atomic mass is 16.5. The van der Waals surface area contributed by atoms with Gasteiger partial charge in [-0.05, 0) is 55.7 Å². The number of aryl methyl sites for hydroxylation is 1. The molecule has 0 aromatic heterocycles. The number of ether oxygens (including phenoxy) is 2. The molecule has 0 spiro atoms. The van der Waals surface area contributed by atoms with E-state index in [0.29, 0.717) is 23.6 Å². The van der Waals surface area contributed by atoms with Crippen LogP contribution in [0.5, 0.6) is 11.5 Å². The van der Waals surface area contributed by atoms with Gasteiger partial charge in [-0.25, -0.2) is 0 Å². The van der Waals surface area contributed by atoms with E-state index in [4.69, 9.17) is 14.6 Å². The Hall–Kier alpha value is -3.02. The maximum atomic E-state index is 12.9. The number of hydrogen-bond donors (Lipinski definition) is 2. The van der Waals surface area contributed by atoms with E-state index < -0.39 is 11.4 Å². The lowest BCUT2D eigenvalue weighted by atomic mass is 9.83. The number of amides is 1. The van der Waals surface area contributed by atoms with E-state index in [2.05, 4.69) is 5.32 Å². The number of carbonyl (C=O) groups excluding carboxylic acids is 1. The SMILES string of the molecule is COc1ccc(C(C)(C)C(=O)Nc2cccc(CCC(=O)O)c2)cc1OC. The standard InChI is InChI=1S/C21H25NO5/c1-21(2,15-9-10-17(26-3)18(13-15)27-4)20(25)22-16-7-5-6-14(12-16)8-11-19(23)24/h5-7,9-10,12-13H,8,11H2,1-4H3,(H,22,25)(H,23,24). The van der Waals surface area contributed by atoms with Crippen LogP contribution in [0.15, 0.2) is 42.5 Å². The third kappa shape index (κ3) is 5.00. The van der Waals surface area contributed by atoms with Gasteiger partial charge in [-0.15, -0.1) is 0 Å². The lowest BCUT2D eigenvalue weighted by Gasteiger charge is -2.25. The minimum absolute atomic E-state index is 0.0501. The first-order valence-corrected chi connectivity index (χ1v) is 8.62. The lowest BCUT2D eigenvalue weighted by molar-refractivity contribution is -0.137. The van der Waals surface area contributed by atoms with Crippen molar-refractivity contribution in [2.24, 2.45) is 0 Å². The molecule has 2 N–H and O–H groups in total. The van der Waals surface area contributed by atoms with Crippen molar-refractivity contribution in [3.8, 4) is 11.5 Å². The molecule has 0 aliphatic carbocycles. The molecule has 144 valence electrons. The number of carboxylic acids is 1. The van der Waals surface area contributed by atoms with E-state index in [-0.39, 0.29) is 12.3 Å². The molecule has 6 nitrogen and oxygen atoms in total. The molecule has 6 heteroatoms. The van der Waals surface area contributed by atoms with Gasteiger partial charge in [0.05, 0.1) is 19.6 Å². The van der Waals surface area contributed by atoms with Crippen molar-refractivity contribution >= 4 is 17.6 Å². The van der Waals surface area contributed by atoms with Gasteiger partial charge in [-0.2, -0.15) is 0 Å². The summed E-state index contributed by atoms with van der Waals surface area (Å²) in [6, 6.07) is 12.6. The third-order valence-electron chi connectivity index (χ3n) is 4.49. The zero-order valence-electron chi connectivity index (χ0n) is 16.0. The van der Waals surface area contributed by atoms with E-state index in [0.717, 1.165) is 11.1 Å². The fourth-order valence-corrected chi connectivity index (χ4v) is 2.70. The highest BCUT2D eigenvalue weighted by molar-refractivity contribution is 5.98. The Bertz CT molecular complexity index is 829. The molecule has 0 heterocycles. The Labute approximate surface area is 159 Å². The molecule has 2 rings (SSSR count). The number of carboxylic acid groups (broad SMARTS) is 1. The van der Waals surface area contributed by atoms with Crippen LogP contribution in [0.4, 0.5) is 5.69 Å². The van der Waals surface area contributed by atoms with Crippen LogP contribution in [0.2, 0.25) is 0 Å². The summed E-state index contributed by atoms with van der Waals surface area (Å²) >= 11 is 0. The molecular weight excluding hydrogens is 346 g/mol. The van der Waals surface area contributed by atoms with Crippen LogP contribution < -0.4 is 14.8 Å². The number of nitrogens with one attached hydrogen (secondary N) is 1. The molecular formula is C21H25NO5. The average molecular weight is 371 g/mol. The number of anilines is 1. The number of benzene rings is 2. The lowest BCUT2D eigenvalue weighted by Crippen LogP contribution is -2.34. The number of hydrogen-bond acceptors (Lipinski definition) is 4. The second-order valence-corrected chi connectivity index (χ2v) is 6.74. The molecule has 0 bridgehead atoms. The summed E-state index contributed by atoms with van der Waals surface area (Å²) in [5, 5.41) is 11.7. The molecule has 0 saturated heterocycles. The van der Waals surface area contributed by atoms with Crippen LogP contribution in [-0.4, -0.2) is 31.2 Å². The van der Waals surface area contributed by atoms with Gasteiger partial charge in [-0.3, -0.25) is 9.59 Å². The Morgan fingerprint density at radius 1 is 1.04 bits per heavy atom. The predicted molar refractivity (Wildman–Crippen MR) is 104 cm³/mol. The van der Waals surface area contributed by atoms with Crippen LogP contribution in [0.25, 0.3) is 0 Å². The quantitative estimate of drug-likeness (QED) is 0.740. The van der Waals surface area contributed by atoms with Crippen molar-refractivity contribution in [2.75, 3.05) is 19.5 Å². The minimum atomic E-state index is -0.848. The summed E-state index contributed by atoms with van der Waals surface area (Å²) in [6.45, 7) is 3.66. The third-order valence-corrected chi connectivity index (χ3v) is 4.49. The second-order valence-electron chi connectivity index (χ2n) is 6.74. The van der Waals surface area contributed by atoms with Crippen molar-refractivity contribution < 1.29 is 24.2 Å². The van der Waals surface area contributed by atoms with Crippen LogP contribution in [0, 0.1) is 0 Å². The summed E-state index contributed by atoms with van der Waals surface area (Å²) in [6.07, 6.45) is 0.465. The van der Waals surface area contributed by atoms with Crippen LogP contribution in [0.1, 0.15) is 31.4 Å². The van der Waals surface area contributed by atoms with Crippen LogP contribution in [0.3, 0.4) is 0 Å². The zero-order chi connectivity index (χ0) is 20.0. The van der Waals surface area contributed by atoms with Gasteiger partial charge < -0.3 is 19.9 Å². The monoisotopic (exact) mass is 371 g/mol. The van der Waals surface area contributed by atoms with Gasteiger partial charge in [0.1, 0.15) is 0 Å². The number of aliphatic carboxylic acids is 1. The summed E-state index contributed by atoms with van der Waals surface area (Å²) in [7, 11) is 3.12. The Morgan fingerprint density at radius 2 is 1.74 bits per heavy atom. The maximum absolute atomic E-state index is 12.9. The fraction of sp³-hybridized carbons (Fsp3) is 0.333. The number of methoxy groups -OCH3 is 2. The fourth-order valence-electron chi connectivity index (χ4n) is 2.70. The van der Waals surface area contributed by atoms with E-state index >= 15 is 0 Å². The molecule has 0 atom stereocenters. The molecule has 27 heavy (non-hydrogen) atoms. The van der Waals surface area contributed by atoms with E-state index in [1.54, 1.807) is 44.6 Å². The van der Waals surface area contributed by atoms with Gasteiger partial charge in [0, 0.05) is 12.1 Å². The highest BCUT2D eigenvalue weighted by Crippen LogP contribution is 2.34. The number of rotatable bonds is 8. The molecule has 0 fully saturated rings. The molecule has 0 saturated carbocycles. The predicted octanol–water partition coefficient (Wildman–Crippen LogP) is 3.64. The second kappa shape index (κ2) is 8.58. The molecule has 2 aromatic rings. The van der Waals surface area contributed by atoms with Gasteiger partial charge in [0.25, 0.3) is 0 Å². The van der Waals surface area contributed by atoms with Crippen molar-refractivity contribution in [1.82, 2.24) is 0 Å². The molecule has 0 radical (unpaired) electrons. The number of carbonyl (C=O) groups is 2. The highest BCUT2D eigenvalue weighted by Gasteiger charge is 2.31. The van der Waals surface area contributed by atoms with E-state index in [1.807, 2.05) is 26.0 Å². The van der Waals surface area contributed by atoms with Gasteiger partial charge in [0.15, 0.2) is 11.5 Å². The first-order chi connectivity index (χ1) is 12.8. The van der Waals surface area contributed by atoms with Crippen molar-refractivity contribution in [3.63, 3.8) is 0 Å². The van der Waals surface area contributed by atoms with Crippen LogP contribution in [-0.2, 0) is 21.4 Å². The first-order valence-electron chi connectivity index (χ1n) is 8.62. The normalized spacial score (nSPS) is 11.0. The maximum Gasteiger partial charge on any atom is 0.303 e. The van der Waals surface area contributed by atoms with E-state index in [9.17, 15) is 9.59 Å². The summed E-state index contributed by atoms with van der Waals surface area (Å²) in [5.74, 6) is 0.138. The Morgan fingerprint density at radius 3 is 2.37 bits per heavy atom. The first kappa shape index (κ1) is 20.3. The van der Waals surface area contributed by atoms with Crippen molar-refractivity contribution in [1.29, 1.82) is 0 Å². The summed E-state index contributed by atoms with van der Waals surface area (Å²) in [5.41, 5.74) is 1.48. The van der Waals surface area contributed by atoms with Crippen molar-refractivity contribution in [2.45, 2.75) is 32.1 Å². The average Bonchev–Trinajstić information content (AvgIpc) is 2.65. The minimum Gasteiger partial charge on any atom is -0.493 e. The molecule has 1 amide bonds. The van der Waals surface area contributed by atoms with E-state index in [1.165, 1.54) is 0 Å². The molecule has 2 aromatic carbocycles. The van der Waals surface area contributed by atoms with Gasteiger partial charge in [-0.1, -0.05) is 18.2 Å². The molecule has 0 unspecified atom stereocenters. The summed E-state index contributed by atoms with van der Waals surface area (Å²) < 4.78 is 10.6. The van der Waals surface area contributed by atoms with Gasteiger partial charge in [0.2, 0.25) is 5.91 Å². The Balaban J connectivity index is 2.19. The largest absolute Gasteiger partial charge is 0.493 e. The molecule has 0 aliphatic rings. The van der Waals surface area contributed by atoms with Crippen molar-refractivity contribution in [3.05, 3.63) is 53.6 Å². The smallest absolute Gasteiger partial charge is 0.303 e. The topological polar surface area (TPSA) is 84.9 Å². The Kier molecular flexibility index (Phi) is 6.45. The summed E-state index contributed by atoms with van der Waals surface area (Å²) in [4.78, 5) is 23.6. The van der Waals surface area contributed by atoms with Crippen LogP contribution >= 0.6 is 0 Å². The molecule has 0 aliphatic heterocycles. The zero-order valence-corrected chi connectivity index (χ0v) is 16.0.